The molecule has 0 bridgehead atoms. The molecule has 0 amide bonds. The van der Waals surface area contributed by atoms with Crippen molar-refractivity contribution in [2.24, 2.45) is 5.10 Å². The maximum absolute atomic E-state index is 5.96. The van der Waals surface area contributed by atoms with Gasteiger partial charge in [0.15, 0.2) is 5.82 Å². The van der Waals surface area contributed by atoms with Crippen LogP contribution in [-0.2, 0) is 18.6 Å². The van der Waals surface area contributed by atoms with Gasteiger partial charge in [0.25, 0.3) is 0 Å². The number of nitrogens with zero attached hydrogens (tertiary/aromatic N) is 4. The SMILES string of the molecule is CCCc1nnc(SCc2ccc(Cl)cc2)n1/N=C\c1ccc(CC)cc1. The van der Waals surface area contributed by atoms with E-state index in [-0.39, 0.29) is 0 Å². The molecule has 0 spiro atoms. The molecule has 3 rings (SSSR count). The molecular formula is C21H23ClN4S. The van der Waals surface area contributed by atoms with Crippen molar-refractivity contribution in [2.75, 3.05) is 0 Å². The fourth-order valence-corrected chi connectivity index (χ4v) is 3.56. The summed E-state index contributed by atoms with van der Waals surface area (Å²) in [5, 5.41) is 14.9. The molecule has 27 heavy (non-hydrogen) atoms. The lowest BCUT2D eigenvalue weighted by Gasteiger charge is -2.04. The van der Waals surface area contributed by atoms with Crippen LogP contribution >= 0.6 is 23.4 Å². The number of aryl methyl sites for hydroxylation is 2. The molecule has 4 nitrogen and oxygen atoms in total. The fraction of sp³-hybridized carbons (Fsp3) is 0.286. The minimum atomic E-state index is 0.746. The fourth-order valence-electron chi connectivity index (χ4n) is 2.57. The van der Waals surface area contributed by atoms with Gasteiger partial charge in [0.2, 0.25) is 5.16 Å². The molecule has 3 aromatic rings. The average Bonchev–Trinajstić information content (AvgIpc) is 3.08. The van der Waals surface area contributed by atoms with E-state index >= 15 is 0 Å². The van der Waals surface area contributed by atoms with Crippen molar-refractivity contribution in [1.82, 2.24) is 14.9 Å². The van der Waals surface area contributed by atoms with Gasteiger partial charge in [-0.15, -0.1) is 10.2 Å². The van der Waals surface area contributed by atoms with E-state index in [1.807, 2.05) is 35.2 Å². The standard InChI is InChI=1S/C21H23ClN4S/c1-3-5-20-24-25-21(27-15-18-10-12-19(22)13-11-18)26(20)23-14-17-8-6-16(4-2)7-9-17/h6-14H,3-5,15H2,1-2H3/b23-14-. The van der Waals surface area contributed by atoms with Gasteiger partial charge in [0.1, 0.15) is 0 Å². The molecule has 0 saturated carbocycles. The Morgan fingerprint density at radius 1 is 1.00 bits per heavy atom. The maximum atomic E-state index is 5.96. The van der Waals surface area contributed by atoms with Crippen LogP contribution in [-0.4, -0.2) is 21.1 Å². The number of thioether (sulfide) groups is 1. The lowest BCUT2D eigenvalue weighted by Crippen LogP contribution is -2.00. The van der Waals surface area contributed by atoms with Crippen LogP contribution < -0.4 is 0 Å². The molecule has 6 heteroatoms. The summed E-state index contributed by atoms with van der Waals surface area (Å²) >= 11 is 7.58. The molecule has 0 radical (unpaired) electrons. The van der Waals surface area contributed by atoms with Crippen LogP contribution in [0.5, 0.6) is 0 Å². The zero-order valence-corrected chi connectivity index (χ0v) is 17.2. The van der Waals surface area contributed by atoms with Crippen molar-refractivity contribution in [2.45, 2.75) is 44.0 Å². The second-order valence-corrected chi connectivity index (χ2v) is 7.59. The van der Waals surface area contributed by atoms with Gasteiger partial charge in [0.05, 0.1) is 6.21 Å². The van der Waals surface area contributed by atoms with Crippen molar-refractivity contribution in [1.29, 1.82) is 0 Å². The lowest BCUT2D eigenvalue weighted by molar-refractivity contribution is 0.700. The summed E-state index contributed by atoms with van der Waals surface area (Å²) in [4.78, 5) is 0. The Kier molecular flexibility index (Phi) is 7.07. The van der Waals surface area contributed by atoms with Gasteiger partial charge in [-0.3, -0.25) is 0 Å². The number of halogens is 1. The molecule has 1 aromatic heterocycles. The van der Waals surface area contributed by atoms with Gasteiger partial charge < -0.3 is 0 Å². The van der Waals surface area contributed by atoms with Crippen LogP contribution in [0.25, 0.3) is 0 Å². The third-order valence-corrected chi connectivity index (χ3v) is 5.38. The lowest BCUT2D eigenvalue weighted by atomic mass is 10.1. The molecule has 0 unspecified atom stereocenters. The van der Waals surface area contributed by atoms with E-state index < -0.39 is 0 Å². The smallest absolute Gasteiger partial charge is 0.191 e. The van der Waals surface area contributed by atoms with Crippen LogP contribution in [0, 0.1) is 0 Å². The van der Waals surface area contributed by atoms with E-state index in [1.54, 1.807) is 11.8 Å². The van der Waals surface area contributed by atoms with Crippen molar-refractivity contribution < 1.29 is 0 Å². The molecule has 0 atom stereocenters. The van der Waals surface area contributed by atoms with Crippen molar-refractivity contribution >= 4 is 29.6 Å². The van der Waals surface area contributed by atoms with Crippen LogP contribution in [0.3, 0.4) is 0 Å². The summed E-state index contributed by atoms with van der Waals surface area (Å²) < 4.78 is 1.86. The van der Waals surface area contributed by atoms with Crippen LogP contribution in [0.4, 0.5) is 0 Å². The largest absolute Gasteiger partial charge is 0.212 e. The third-order valence-electron chi connectivity index (χ3n) is 4.14. The van der Waals surface area contributed by atoms with Gasteiger partial charge in [-0.05, 0) is 41.7 Å². The first kappa shape index (κ1) is 19.6. The summed E-state index contributed by atoms with van der Waals surface area (Å²) in [6, 6.07) is 16.3. The molecule has 0 N–H and O–H groups in total. The molecule has 1 heterocycles. The van der Waals surface area contributed by atoms with E-state index in [9.17, 15) is 0 Å². The predicted molar refractivity (Wildman–Crippen MR) is 114 cm³/mol. The Morgan fingerprint density at radius 2 is 1.70 bits per heavy atom. The van der Waals surface area contributed by atoms with Gasteiger partial charge in [-0.25, -0.2) is 0 Å². The van der Waals surface area contributed by atoms with Crippen LogP contribution in [0.2, 0.25) is 5.02 Å². The van der Waals surface area contributed by atoms with Crippen molar-refractivity contribution in [3.05, 3.63) is 76.1 Å². The second-order valence-electron chi connectivity index (χ2n) is 6.22. The summed E-state index contributed by atoms with van der Waals surface area (Å²) in [5.41, 5.74) is 3.58. The highest BCUT2D eigenvalue weighted by molar-refractivity contribution is 7.98. The zero-order chi connectivity index (χ0) is 19.1. The number of hydrogen-bond donors (Lipinski definition) is 0. The van der Waals surface area contributed by atoms with Crippen molar-refractivity contribution in [3.8, 4) is 0 Å². The first-order chi connectivity index (χ1) is 13.2. The molecular weight excluding hydrogens is 376 g/mol. The highest BCUT2D eigenvalue weighted by atomic mass is 35.5. The average molecular weight is 399 g/mol. The molecule has 0 fully saturated rings. The Labute approximate surface area is 169 Å². The normalized spacial score (nSPS) is 11.4. The molecule has 2 aromatic carbocycles. The Hall–Kier alpha value is -2.11. The number of benzene rings is 2. The summed E-state index contributed by atoms with van der Waals surface area (Å²) in [5.74, 6) is 1.68. The van der Waals surface area contributed by atoms with E-state index in [0.717, 1.165) is 46.6 Å². The highest BCUT2D eigenvalue weighted by Crippen LogP contribution is 2.23. The van der Waals surface area contributed by atoms with Gasteiger partial charge in [-0.2, -0.15) is 9.78 Å². The van der Waals surface area contributed by atoms with E-state index in [2.05, 4.69) is 53.4 Å². The van der Waals surface area contributed by atoms with E-state index in [1.165, 1.54) is 11.1 Å². The first-order valence-electron chi connectivity index (χ1n) is 9.14. The van der Waals surface area contributed by atoms with Gasteiger partial charge >= 0.3 is 0 Å². The molecule has 140 valence electrons. The molecule has 0 aliphatic carbocycles. The van der Waals surface area contributed by atoms with Crippen LogP contribution in [0.15, 0.2) is 58.8 Å². The summed E-state index contributed by atoms with van der Waals surface area (Å²) in [6.07, 6.45) is 4.75. The number of rotatable bonds is 8. The zero-order valence-electron chi connectivity index (χ0n) is 15.6. The predicted octanol–water partition coefficient (Wildman–Crippen LogP) is 5.62. The number of aromatic nitrogens is 3. The summed E-state index contributed by atoms with van der Waals surface area (Å²) in [6.45, 7) is 4.29. The molecule has 0 aliphatic rings. The van der Waals surface area contributed by atoms with Gasteiger partial charge in [-0.1, -0.05) is 73.6 Å². The quantitative estimate of drug-likeness (QED) is 0.365. The monoisotopic (exact) mass is 398 g/mol. The minimum Gasteiger partial charge on any atom is -0.191 e. The topological polar surface area (TPSA) is 43.1 Å². The molecule has 0 saturated heterocycles. The van der Waals surface area contributed by atoms with Crippen LogP contribution in [0.1, 0.15) is 42.8 Å². The Balaban J connectivity index is 1.77. The second kappa shape index (κ2) is 9.72. The van der Waals surface area contributed by atoms with Crippen molar-refractivity contribution in [3.63, 3.8) is 0 Å². The van der Waals surface area contributed by atoms with E-state index in [4.69, 9.17) is 11.6 Å². The third kappa shape index (κ3) is 5.44. The van der Waals surface area contributed by atoms with E-state index in [0.29, 0.717) is 0 Å². The Morgan fingerprint density at radius 3 is 2.37 bits per heavy atom. The highest BCUT2D eigenvalue weighted by Gasteiger charge is 2.11. The number of hydrogen-bond acceptors (Lipinski definition) is 4. The maximum Gasteiger partial charge on any atom is 0.212 e. The Bertz CT molecular complexity index is 886. The summed E-state index contributed by atoms with van der Waals surface area (Å²) in [7, 11) is 0. The first-order valence-corrected chi connectivity index (χ1v) is 10.5. The molecule has 0 aliphatic heterocycles. The minimum absolute atomic E-state index is 0.746. The van der Waals surface area contributed by atoms with Gasteiger partial charge in [0, 0.05) is 17.2 Å².